The van der Waals surface area contributed by atoms with Gasteiger partial charge in [-0.2, -0.15) is 11.3 Å². The first-order chi connectivity index (χ1) is 10.7. The highest BCUT2D eigenvalue weighted by molar-refractivity contribution is 7.08. The van der Waals surface area contributed by atoms with Crippen LogP contribution in [0.5, 0.6) is 0 Å². The van der Waals surface area contributed by atoms with E-state index in [2.05, 4.69) is 5.32 Å². The standard InChI is InChI=1S/C16H23N3O2S/c20-15(2-1-13-3-5-17-11-13)18-6-8-19(9-7-18)16(21)14-4-10-22-12-14/h4,10,12-13,17H,1-3,5-9,11H2. The highest BCUT2D eigenvalue weighted by Crippen LogP contribution is 2.16. The normalized spacial score (nSPS) is 22.1. The summed E-state index contributed by atoms with van der Waals surface area (Å²) in [6.07, 6.45) is 2.82. The lowest BCUT2D eigenvalue weighted by Crippen LogP contribution is -2.50. The van der Waals surface area contributed by atoms with Crippen molar-refractivity contribution in [2.45, 2.75) is 19.3 Å². The fraction of sp³-hybridized carbons (Fsp3) is 0.625. The topological polar surface area (TPSA) is 52.7 Å². The summed E-state index contributed by atoms with van der Waals surface area (Å²) in [7, 11) is 0. The monoisotopic (exact) mass is 321 g/mol. The number of nitrogens with zero attached hydrogens (tertiary/aromatic N) is 2. The Kier molecular flexibility index (Phi) is 5.10. The van der Waals surface area contributed by atoms with Crippen molar-refractivity contribution in [1.82, 2.24) is 15.1 Å². The fourth-order valence-electron chi connectivity index (χ4n) is 3.17. The molecule has 120 valence electrons. The Labute approximate surface area is 135 Å². The zero-order chi connectivity index (χ0) is 15.4. The van der Waals surface area contributed by atoms with E-state index >= 15 is 0 Å². The molecular weight excluding hydrogens is 298 g/mol. The minimum Gasteiger partial charge on any atom is -0.339 e. The molecule has 0 aliphatic carbocycles. The van der Waals surface area contributed by atoms with Crippen molar-refractivity contribution in [2.24, 2.45) is 5.92 Å². The molecule has 0 bridgehead atoms. The van der Waals surface area contributed by atoms with E-state index in [4.69, 9.17) is 0 Å². The lowest BCUT2D eigenvalue weighted by Gasteiger charge is -2.35. The van der Waals surface area contributed by atoms with Gasteiger partial charge in [0, 0.05) is 38.0 Å². The van der Waals surface area contributed by atoms with Gasteiger partial charge in [-0.15, -0.1) is 0 Å². The average Bonchev–Trinajstić information content (AvgIpc) is 3.25. The molecule has 6 heteroatoms. The Morgan fingerprint density at radius 1 is 1.23 bits per heavy atom. The van der Waals surface area contributed by atoms with Crippen LogP contribution in [0.1, 0.15) is 29.6 Å². The molecule has 5 nitrogen and oxygen atoms in total. The summed E-state index contributed by atoms with van der Waals surface area (Å²) in [6, 6.07) is 1.86. The van der Waals surface area contributed by atoms with Gasteiger partial charge in [-0.25, -0.2) is 0 Å². The van der Waals surface area contributed by atoms with Crippen molar-refractivity contribution >= 4 is 23.2 Å². The largest absolute Gasteiger partial charge is 0.339 e. The molecule has 3 heterocycles. The van der Waals surface area contributed by atoms with Gasteiger partial charge in [-0.05, 0) is 43.3 Å². The van der Waals surface area contributed by atoms with Crippen molar-refractivity contribution in [3.8, 4) is 0 Å². The predicted molar refractivity (Wildman–Crippen MR) is 87.0 cm³/mol. The van der Waals surface area contributed by atoms with Crippen LogP contribution in [0.25, 0.3) is 0 Å². The maximum atomic E-state index is 12.3. The second kappa shape index (κ2) is 7.24. The second-order valence-electron chi connectivity index (χ2n) is 6.08. The van der Waals surface area contributed by atoms with Crippen molar-refractivity contribution in [3.63, 3.8) is 0 Å². The Morgan fingerprint density at radius 3 is 2.64 bits per heavy atom. The molecule has 2 saturated heterocycles. The van der Waals surface area contributed by atoms with Crippen LogP contribution in [0.2, 0.25) is 0 Å². The van der Waals surface area contributed by atoms with Gasteiger partial charge in [0.15, 0.2) is 0 Å². The van der Waals surface area contributed by atoms with Crippen LogP contribution < -0.4 is 5.32 Å². The molecule has 2 fully saturated rings. The van der Waals surface area contributed by atoms with E-state index in [9.17, 15) is 9.59 Å². The molecule has 2 amide bonds. The van der Waals surface area contributed by atoms with E-state index in [1.165, 1.54) is 17.8 Å². The first-order valence-corrected chi connectivity index (χ1v) is 8.98. The van der Waals surface area contributed by atoms with E-state index in [0.29, 0.717) is 38.5 Å². The number of hydrogen-bond acceptors (Lipinski definition) is 4. The van der Waals surface area contributed by atoms with Crippen LogP contribution in [0.15, 0.2) is 16.8 Å². The highest BCUT2D eigenvalue weighted by Gasteiger charge is 2.25. The van der Waals surface area contributed by atoms with Crippen LogP contribution >= 0.6 is 11.3 Å². The third-order valence-electron chi connectivity index (χ3n) is 4.62. The van der Waals surface area contributed by atoms with E-state index in [1.807, 2.05) is 26.6 Å². The Bertz CT molecular complexity index is 503. The van der Waals surface area contributed by atoms with E-state index < -0.39 is 0 Å². The molecule has 1 aromatic rings. The van der Waals surface area contributed by atoms with Crippen molar-refractivity contribution in [3.05, 3.63) is 22.4 Å². The third kappa shape index (κ3) is 3.67. The summed E-state index contributed by atoms with van der Waals surface area (Å²) in [4.78, 5) is 28.3. The number of nitrogens with one attached hydrogen (secondary N) is 1. The third-order valence-corrected chi connectivity index (χ3v) is 5.30. The molecule has 0 spiro atoms. The lowest BCUT2D eigenvalue weighted by atomic mass is 10.0. The number of hydrogen-bond donors (Lipinski definition) is 1. The fourth-order valence-corrected chi connectivity index (χ4v) is 3.80. The van der Waals surface area contributed by atoms with E-state index in [1.54, 1.807) is 0 Å². The van der Waals surface area contributed by atoms with Crippen molar-refractivity contribution in [2.75, 3.05) is 39.3 Å². The van der Waals surface area contributed by atoms with Gasteiger partial charge in [-0.3, -0.25) is 9.59 Å². The average molecular weight is 321 g/mol. The number of amides is 2. The van der Waals surface area contributed by atoms with Crippen LogP contribution in [0.3, 0.4) is 0 Å². The van der Waals surface area contributed by atoms with Gasteiger partial charge in [0.2, 0.25) is 5.91 Å². The van der Waals surface area contributed by atoms with Gasteiger partial charge < -0.3 is 15.1 Å². The zero-order valence-corrected chi connectivity index (χ0v) is 13.6. The van der Waals surface area contributed by atoms with Gasteiger partial charge in [0.1, 0.15) is 0 Å². The summed E-state index contributed by atoms with van der Waals surface area (Å²) < 4.78 is 0. The minimum absolute atomic E-state index is 0.0883. The molecule has 2 aliphatic heterocycles. The van der Waals surface area contributed by atoms with Gasteiger partial charge in [-0.1, -0.05) is 0 Å². The Balaban J connectivity index is 1.42. The van der Waals surface area contributed by atoms with Gasteiger partial charge in [0.25, 0.3) is 5.91 Å². The summed E-state index contributed by atoms with van der Waals surface area (Å²) in [5.41, 5.74) is 0.763. The number of carbonyl (C=O) groups is 2. The first-order valence-electron chi connectivity index (χ1n) is 8.04. The van der Waals surface area contributed by atoms with Crippen molar-refractivity contribution in [1.29, 1.82) is 0 Å². The smallest absolute Gasteiger partial charge is 0.254 e. The zero-order valence-electron chi connectivity index (χ0n) is 12.8. The first kappa shape index (κ1) is 15.5. The quantitative estimate of drug-likeness (QED) is 0.912. The Hall–Kier alpha value is -1.40. The van der Waals surface area contributed by atoms with Crippen LogP contribution in [0.4, 0.5) is 0 Å². The van der Waals surface area contributed by atoms with Crippen LogP contribution in [-0.4, -0.2) is 60.9 Å². The van der Waals surface area contributed by atoms with E-state index in [0.717, 1.165) is 25.1 Å². The molecule has 3 rings (SSSR count). The number of thiophene rings is 1. The molecule has 0 radical (unpaired) electrons. The lowest BCUT2D eigenvalue weighted by molar-refractivity contribution is -0.132. The molecule has 0 saturated carbocycles. The minimum atomic E-state index is 0.0883. The summed E-state index contributed by atoms with van der Waals surface area (Å²) in [5.74, 6) is 0.991. The molecule has 1 N–H and O–H groups in total. The molecule has 1 aromatic heterocycles. The number of carbonyl (C=O) groups excluding carboxylic acids is 2. The maximum Gasteiger partial charge on any atom is 0.254 e. The predicted octanol–water partition coefficient (Wildman–Crippen LogP) is 1.42. The number of rotatable bonds is 4. The highest BCUT2D eigenvalue weighted by atomic mass is 32.1. The molecular formula is C16H23N3O2S. The SMILES string of the molecule is O=C(CCC1CCNC1)N1CCN(C(=O)c2ccsc2)CC1. The molecule has 22 heavy (non-hydrogen) atoms. The molecule has 0 aromatic carbocycles. The molecule has 1 unspecified atom stereocenters. The van der Waals surface area contributed by atoms with Crippen LogP contribution in [0, 0.1) is 5.92 Å². The number of piperazine rings is 1. The van der Waals surface area contributed by atoms with E-state index in [-0.39, 0.29) is 11.8 Å². The Morgan fingerprint density at radius 2 is 2.00 bits per heavy atom. The van der Waals surface area contributed by atoms with Crippen molar-refractivity contribution < 1.29 is 9.59 Å². The summed E-state index contributed by atoms with van der Waals surface area (Å²) in [6.45, 7) is 4.75. The van der Waals surface area contributed by atoms with Gasteiger partial charge in [0.05, 0.1) is 5.56 Å². The van der Waals surface area contributed by atoms with Gasteiger partial charge >= 0.3 is 0 Å². The second-order valence-corrected chi connectivity index (χ2v) is 6.86. The summed E-state index contributed by atoms with van der Waals surface area (Å²) >= 11 is 1.54. The maximum absolute atomic E-state index is 12.3. The molecule has 2 aliphatic rings. The summed E-state index contributed by atoms with van der Waals surface area (Å²) in [5, 5.41) is 7.14. The molecule has 1 atom stereocenters. The van der Waals surface area contributed by atoms with Crippen LogP contribution in [-0.2, 0) is 4.79 Å².